The SMILES string of the molecule is CCOc1cc(/C=C2\C(=O)NC(=O)N(c3cccc(F)c3)C2=O)cc(Cl)c1OC(C)C. The van der Waals surface area contributed by atoms with Crippen molar-refractivity contribution in [3.05, 3.63) is 58.4 Å². The van der Waals surface area contributed by atoms with Gasteiger partial charge in [0.1, 0.15) is 11.4 Å². The van der Waals surface area contributed by atoms with E-state index in [4.69, 9.17) is 21.1 Å². The van der Waals surface area contributed by atoms with Gasteiger partial charge in [-0.15, -0.1) is 0 Å². The molecule has 0 atom stereocenters. The largest absolute Gasteiger partial charge is 0.490 e. The molecule has 1 aliphatic rings. The van der Waals surface area contributed by atoms with Crippen LogP contribution in [0, 0.1) is 5.82 Å². The van der Waals surface area contributed by atoms with Crippen molar-refractivity contribution in [1.82, 2.24) is 5.32 Å². The quantitative estimate of drug-likeness (QED) is 0.527. The summed E-state index contributed by atoms with van der Waals surface area (Å²) in [6.45, 7) is 5.81. The number of imide groups is 2. The smallest absolute Gasteiger partial charge is 0.335 e. The van der Waals surface area contributed by atoms with Crippen molar-refractivity contribution in [2.75, 3.05) is 11.5 Å². The molecular weight excluding hydrogens is 427 g/mol. The molecule has 0 aromatic heterocycles. The van der Waals surface area contributed by atoms with Gasteiger partial charge in [0.15, 0.2) is 11.5 Å². The number of nitrogens with one attached hydrogen (secondary N) is 1. The molecule has 0 unspecified atom stereocenters. The first-order valence-electron chi connectivity index (χ1n) is 9.51. The number of carbonyl (C=O) groups is 3. The number of benzene rings is 2. The van der Waals surface area contributed by atoms with E-state index in [1.807, 2.05) is 13.8 Å². The molecule has 162 valence electrons. The summed E-state index contributed by atoms with van der Waals surface area (Å²) in [4.78, 5) is 38.2. The van der Waals surface area contributed by atoms with E-state index >= 15 is 0 Å². The van der Waals surface area contributed by atoms with Gasteiger partial charge in [0.25, 0.3) is 11.8 Å². The second-order valence-corrected chi connectivity index (χ2v) is 7.27. The normalized spacial score (nSPS) is 15.5. The van der Waals surface area contributed by atoms with E-state index in [0.717, 1.165) is 6.07 Å². The highest BCUT2D eigenvalue weighted by molar-refractivity contribution is 6.39. The van der Waals surface area contributed by atoms with Crippen LogP contribution < -0.4 is 19.7 Å². The average molecular weight is 447 g/mol. The van der Waals surface area contributed by atoms with Crippen LogP contribution >= 0.6 is 11.6 Å². The Labute approximate surface area is 183 Å². The fourth-order valence-electron chi connectivity index (χ4n) is 2.96. The number of rotatable bonds is 6. The van der Waals surface area contributed by atoms with Gasteiger partial charge in [0.05, 0.1) is 23.4 Å². The fraction of sp³-hybridized carbons (Fsp3) is 0.227. The number of amides is 4. The number of halogens is 2. The van der Waals surface area contributed by atoms with Crippen molar-refractivity contribution in [3.63, 3.8) is 0 Å². The van der Waals surface area contributed by atoms with Crippen molar-refractivity contribution in [3.8, 4) is 11.5 Å². The Balaban J connectivity index is 2.04. The lowest BCUT2D eigenvalue weighted by molar-refractivity contribution is -0.122. The maximum absolute atomic E-state index is 13.6. The van der Waals surface area contributed by atoms with Crippen molar-refractivity contribution in [2.45, 2.75) is 26.9 Å². The van der Waals surface area contributed by atoms with Gasteiger partial charge in [-0.05, 0) is 62.7 Å². The standard InChI is InChI=1S/C22H20ClFN2O5/c1-4-30-18-10-13(9-17(23)19(18)31-12(2)3)8-16-20(27)25-22(29)26(21(16)28)15-7-5-6-14(24)11-15/h5-12H,4H2,1-3H3,(H,25,27,29)/b16-8+. The molecule has 1 heterocycles. The first-order chi connectivity index (χ1) is 14.7. The summed E-state index contributed by atoms with van der Waals surface area (Å²) >= 11 is 6.34. The summed E-state index contributed by atoms with van der Waals surface area (Å²) in [7, 11) is 0. The molecule has 0 saturated carbocycles. The lowest BCUT2D eigenvalue weighted by Gasteiger charge is -2.26. The van der Waals surface area contributed by atoms with Crippen LogP contribution in [-0.4, -0.2) is 30.6 Å². The maximum Gasteiger partial charge on any atom is 0.335 e. The topological polar surface area (TPSA) is 84.9 Å². The van der Waals surface area contributed by atoms with Crippen LogP contribution in [0.3, 0.4) is 0 Å². The Morgan fingerprint density at radius 2 is 1.94 bits per heavy atom. The van der Waals surface area contributed by atoms with Gasteiger partial charge in [-0.1, -0.05) is 17.7 Å². The molecule has 1 N–H and O–H groups in total. The molecule has 1 aliphatic heterocycles. The van der Waals surface area contributed by atoms with E-state index in [1.165, 1.54) is 30.3 Å². The van der Waals surface area contributed by atoms with E-state index in [2.05, 4.69) is 5.32 Å². The summed E-state index contributed by atoms with van der Waals surface area (Å²) in [5.41, 5.74) is 0.0612. The minimum atomic E-state index is -0.966. The minimum absolute atomic E-state index is 0.00498. The Hall–Kier alpha value is -3.39. The molecule has 2 aromatic carbocycles. The molecule has 0 aliphatic carbocycles. The van der Waals surface area contributed by atoms with Crippen molar-refractivity contribution in [2.24, 2.45) is 0 Å². The van der Waals surface area contributed by atoms with Gasteiger partial charge >= 0.3 is 6.03 Å². The summed E-state index contributed by atoms with van der Waals surface area (Å²) in [5.74, 6) is -1.71. The lowest BCUT2D eigenvalue weighted by Crippen LogP contribution is -2.54. The number of hydrogen-bond donors (Lipinski definition) is 1. The molecule has 3 rings (SSSR count). The number of nitrogens with zero attached hydrogens (tertiary/aromatic N) is 1. The molecule has 1 fully saturated rings. The summed E-state index contributed by atoms with van der Waals surface area (Å²) in [6, 6.07) is 7.05. The zero-order chi connectivity index (χ0) is 22.7. The number of urea groups is 1. The van der Waals surface area contributed by atoms with Crippen LogP contribution in [0.25, 0.3) is 6.08 Å². The first-order valence-corrected chi connectivity index (χ1v) is 9.89. The number of ether oxygens (including phenoxy) is 2. The van der Waals surface area contributed by atoms with Crippen LogP contribution in [0.1, 0.15) is 26.3 Å². The second kappa shape index (κ2) is 9.18. The fourth-order valence-corrected chi connectivity index (χ4v) is 3.22. The summed E-state index contributed by atoms with van der Waals surface area (Å²) < 4.78 is 24.9. The molecule has 2 aromatic rings. The first kappa shape index (κ1) is 22.3. The third kappa shape index (κ3) is 4.86. The average Bonchev–Trinajstić information content (AvgIpc) is 2.68. The maximum atomic E-state index is 13.6. The van der Waals surface area contributed by atoms with Gasteiger partial charge in [-0.2, -0.15) is 0 Å². The Bertz CT molecular complexity index is 1080. The second-order valence-electron chi connectivity index (χ2n) is 6.87. The van der Waals surface area contributed by atoms with E-state index in [1.54, 1.807) is 13.0 Å². The zero-order valence-electron chi connectivity index (χ0n) is 17.1. The van der Waals surface area contributed by atoms with Gasteiger partial charge in [-0.3, -0.25) is 14.9 Å². The summed E-state index contributed by atoms with van der Waals surface area (Å²) in [6.07, 6.45) is 1.13. The van der Waals surface area contributed by atoms with Crippen LogP contribution in [-0.2, 0) is 9.59 Å². The zero-order valence-corrected chi connectivity index (χ0v) is 17.8. The van der Waals surface area contributed by atoms with E-state index in [-0.39, 0.29) is 22.4 Å². The highest BCUT2D eigenvalue weighted by Gasteiger charge is 2.37. The molecule has 9 heteroatoms. The third-order valence-electron chi connectivity index (χ3n) is 4.16. The predicted molar refractivity (Wildman–Crippen MR) is 114 cm³/mol. The molecule has 4 amide bonds. The lowest BCUT2D eigenvalue weighted by atomic mass is 10.1. The highest BCUT2D eigenvalue weighted by atomic mass is 35.5. The Morgan fingerprint density at radius 3 is 2.58 bits per heavy atom. The van der Waals surface area contributed by atoms with Gasteiger partial charge in [-0.25, -0.2) is 14.1 Å². The van der Waals surface area contributed by atoms with E-state index in [9.17, 15) is 18.8 Å². The van der Waals surface area contributed by atoms with Crippen molar-refractivity contribution < 1.29 is 28.2 Å². The van der Waals surface area contributed by atoms with Crippen molar-refractivity contribution in [1.29, 1.82) is 0 Å². The third-order valence-corrected chi connectivity index (χ3v) is 4.45. The number of barbiturate groups is 1. The molecule has 0 bridgehead atoms. The minimum Gasteiger partial charge on any atom is -0.490 e. The molecule has 0 radical (unpaired) electrons. The molecule has 1 saturated heterocycles. The Kier molecular flexibility index (Phi) is 6.60. The monoisotopic (exact) mass is 446 g/mol. The number of carbonyl (C=O) groups excluding carboxylic acids is 3. The van der Waals surface area contributed by atoms with Crippen LogP contribution in [0.2, 0.25) is 5.02 Å². The van der Waals surface area contributed by atoms with E-state index in [0.29, 0.717) is 28.6 Å². The van der Waals surface area contributed by atoms with Gasteiger partial charge in [0, 0.05) is 0 Å². The molecule has 7 nitrogen and oxygen atoms in total. The molecule has 31 heavy (non-hydrogen) atoms. The highest BCUT2D eigenvalue weighted by Crippen LogP contribution is 2.38. The van der Waals surface area contributed by atoms with Crippen LogP contribution in [0.4, 0.5) is 14.9 Å². The number of anilines is 1. The molecule has 0 spiro atoms. The Morgan fingerprint density at radius 1 is 1.19 bits per heavy atom. The van der Waals surface area contributed by atoms with Crippen LogP contribution in [0.15, 0.2) is 42.0 Å². The number of hydrogen-bond acceptors (Lipinski definition) is 5. The predicted octanol–water partition coefficient (Wildman–Crippen LogP) is 4.33. The molecular formula is C22H20ClFN2O5. The van der Waals surface area contributed by atoms with Crippen molar-refractivity contribution >= 4 is 41.2 Å². The van der Waals surface area contributed by atoms with Crippen LogP contribution in [0.5, 0.6) is 11.5 Å². The van der Waals surface area contributed by atoms with Gasteiger partial charge < -0.3 is 9.47 Å². The van der Waals surface area contributed by atoms with E-state index < -0.39 is 23.7 Å². The van der Waals surface area contributed by atoms with Gasteiger partial charge in [0.2, 0.25) is 0 Å². The summed E-state index contributed by atoms with van der Waals surface area (Å²) in [5, 5.41) is 2.32.